The van der Waals surface area contributed by atoms with Gasteiger partial charge in [0, 0.05) is 30.6 Å². The quantitative estimate of drug-likeness (QED) is 0.830. The molecule has 5 heteroatoms. The lowest BCUT2D eigenvalue weighted by Gasteiger charge is -2.43. The number of amides is 1. The molecule has 0 saturated carbocycles. The maximum atomic E-state index is 12.6. The van der Waals surface area contributed by atoms with Crippen molar-refractivity contribution in [2.45, 2.75) is 58.5 Å². The Bertz CT molecular complexity index is 428. The zero-order chi connectivity index (χ0) is 17.2. The molecule has 24 heavy (non-hydrogen) atoms. The topological polar surface area (TPSA) is 44.8 Å². The van der Waals surface area contributed by atoms with Crippen molar-refractivity contribution in [1.82, 2.24) is 15.1 Å². The van der Waals surface area contributed by atoms with Crippen LogP contribution < -0.4 is 5.32 Å². The molecule has 0 bridgehead atoms. The summed E-state index contributed by atoms with van der Waals surface area (Å²) in [7, 11) is 0. The molecule has 0 spiro atoms. The van der Waals surface area contributed by atoms with Crippen molar-refractivity contribution in [2.75, 3.05) is 45.9 Å². The fourth-order valence-electron chi connectivity index (χ4n) is 4.32. The molecule has 0 aromatic carbocycles. The number of nitrogens with zero attached hydrogens (tertiary/aromatic N) is 2. The molecule has 3 rings (SSSR count). The van der Waals surface area contributed by atoms with Crippen molar-refractivity contribution >= 4 is 5.91 Å². The minimum absolute atomic E-state index is 0.160. The first-order valence-electron chi connectivity index (χ1n) is 9.80. The van der Waals surface area contributed by atoms with Crippen LogP contribution in [-0.4, -0.2) is 73.7 Å². The number of carbonyl (C=O) groups is 1. The van der Waals surface area contributed by atoms with Crippen molar-refractivity contribution in [3.63, 3.8) is 0 Å². The Morgan fingerprint density at radius 3 is 2.50 bits per heavy atom. The molecule has 3 heterocycles. The summed E-state index contributed by atoms with van der Waals surface area (Å²) in [6.07, 6.45) is 4.70. The van der Waals surface area contributed by atoms with E-state index in [1.807, 2.05) is 0 Å². The van der Waals surface area contributed by atoms with Gasteiger partial charge in [0.1, 0.15) is 0 Å². The van der Waals surface area contributed by atoms with Crippen LogP contribution in [0.4, 0.5) is 0 Å². The van der Waals surface area contributed by atoms with Crippen LogP contribution >= 0.6 is 0 Å². The Hall–Kier alpha value is -0.650. The average molecular weight is 338 g/mol. The molecular formula is C19H35N3O2. The second kappa shape index (κ2) is 7.71. The largest absolute Gasteiger partial charge is 0.380 e. The van der Waals surface area contributed by atoms with Gasteiger partial charge in [0.05, 0.1) is 19.1 Å². The molecule has 0 unspecified atom stereocenters. The highest BCUT2D eigenvalue weighted by Crippen LogP contribution is 2.27. The average Bonchev–Trinajstić information content (AvgIpc) is 2.58. The van der Waals surface area contributed by atoms with Gasteiger partial charge in [0.15, 0.2) is 0 Å². The molecule has 0 aromatic heterocycles. The molecule has 1 atom stereocenters. The zero-order valence-electron chi connectivity index (χ0n) is 15.7. The van der Waals surface area contributed by atoms with Crippen LogP contribution in [0.3, 0.4) is 0 Å². The number of ether oxygens (including phenoxy) is 1. The number of carbonyl (C=O) groups excluding carboxylic acids is 1. The van der Waals surface area contributed by atoms with E-state index in [0.717, 1.165) is 39.1 Å². The first-order valence-corrected chi connectivity index (χ1v) is 9.80. The first kappa shape index (κ1) is 18.2. The lowest BCUT2D eigenvalue weighted by Crippen LogP contribution is -2.53. The highest BCUT2D eigenvalue weighted by atomic mass is 16.5. The van der Waals surface area contributed by atoms with Crippen LogP contribution in [0, 0.1) is 11.3 Å². The monoisotopic (exact) mass is 337 g/mol. The van der Waals surface area contributed by atoms with Crippen LogP contribution in [0.5, 0.6) is 0 Å². The number of nitrogens with one attached hydrogen (secondary N) is 1. The molecule has 3 saturated heterocycles. The molecule has 3 aliphatic rings. The molecule has 3 aliphatic heterocycles. The lowest BCUT2D eigenvalue weighted by molar-refractivity contribution is -0.132. The van der Waals surface area contributed by atoms with Gasteiger partial charge in [-0.05, 0) is 59.2 Å². The van der Waals surface area contributed by atoms with Crippen LogP contribution in [0.25, 0.3) is 0 Å². The molecule has 0 radical (unpaired) electrons. The zero-order valence-corrected chi connectivity index (χ0v) is 15.7. The summed E-state index contributed by atoms with van der Waals surface area (Å²) in [5, 5.41) is 3.19. The number of hydrogen-bond acceptors (Lipinski definition) is 4. The third-order valence-corrected chi connectivity index (χ3v) is 6.16. The Labute approximate surface area is 147 Å². The molecule has 0 aliphatic carbocycles. The Kier molecular flexibility index (Phi) is 5.83. The molecule has 1 amide bonds. The molecule has 5 nitrogen and oxygen atoms in total. The van der Waals surface area contributed by atoms with E-state index < -0.39 is 0 Å². The standard InChI is InChI=1S/C19H35N3O2/c1-15(2)21-9-6-17(7-10-21)22-8-4-5-16(11-22)18(23)20-12-19(3)13-24-14-19/h15-17H,4-14H2,1-3H3,(H,20,23)/t16-/m1/s1. The van der Waals surface area contributed by atoms with Crippen molar-refractivity contribution in [3.05, 3.63) is 0 Å². The number of piperidine rings is 2. The van der Waals surface area contributed by atoms with Gasteiger partial charge < -0.3 is 15.0 Å². The molecule has 138 valence electrons. The van der Waals surface area contributed by atoms with E-state index in [4.69, 9.17) is 4.74 Å². The van der Waals surface area contributed by atoms with E-state index in [1.165, 1.54) is 32.5 Å². The van der Waals surface area contributed by atoms with E-state index in [-0.39, 0.29) is 17.2 Å². The summed E-state index contributed by atoms with van der Waals surface area (Å²) in [6, 6.07) is 1.33. The van der Waals surface area contributed by atoms with Gasteiger partial charge in [0.2, 0.25) is 5.91 Å². The minimum Gasteiger partial charge on any atom is -0.380 e. The summed E-state index contributed by atoms with van der Waals surface area (Å²) in [4.78, 5) is 17.7. The summed E-state index contributed by atoms with van der Waals surface area (Å²) >= 11 is 0. The van der Waals surface area contributed by atoms with Crippen LogP contribution in [0.1, 0.15) is 46.5 Å². The van der Waals surface area contributed by atoms with Crippen LogP contribution in [0.15, 0.2) is 0 Å². The Morgan fingerprint density at radius 1 is 1.21 bits per heavy atom. The second-order valence-electron chi connectivity index (χ2n) is 8.72. The molecule has 0 aromatic rings. The normalized spacial score (nSPS) is 29.4. The van der Waals surface area contributed by atoms with Crippen LogP contribution in [0.2, 0.25) is 0 Å². The Morgan fingerprint density at radius 2 is 1.92 bits per heavy atom. The van der Waals surface area contributed by atoms with Gasteiger partial charge in [-0.1, -0.05) is 6.92 Å². The van der Waals surface area contributed by atoms with Gasteiger partial charge in [-0.25, -0.2) is 0 Å². The summed E-state index contributed by atoms with van der Waals surface area (Å²) in [5.74, 6) is 0.430. The van der Waals surface area contributed by atoms with Crippen molar-refractivity contribution in [3.8, 4) is 0 Å². The minimum atomic E-state index is 0.160. The number of likely N-dealkylation sites (tertiary alicyclic amines) is 2. The SMILES string of the molecule is CC(C)N1CCC(N2CCC[C@@H](C(=O)NCC3(C)COC3)C2)CC1. The smallest absolute Gasteiger partial charge is 0.224 e. The highest BCUT2D eigenvalue weighted by Gasteiger charge is 2.36. The fraction of sp³-hybridized carbons (Fsp3) is 0.947. The van der Waals surface area contributed by atoms with Crippen LogP contribution in [-0.2, 0) is 9.53 Å². The van der Waals surface area contributed by atoms with Gasteiger partial charge in [-0.3, -0.25) is 9.69 Å². The van der Waals surface area contributed by atoms with E-state index >= 15 is 0 Å². The van der Waals surface area contributed by atoms with Crippen molar-refractivity contribution in [2.24, 2.45) is 11.3 Å². The van der Waals surface area contributed by atoms with Crippen molar-refractivity contribution < 1.29 is 9.53 Å². The fourth-order valence-corrected chi connectivity index (χ4v) is 4.32. The van der Waals surface area contributed by atoms with Crippen molar-refractivity contribution in [1.29, 1.82) is 0 Å². The van der Waals surface area contributed by atoms with Gasteiger partial charge in [-0.2, -0.15) is 0 Å². The summed E-state index contributed by atoms with van der Waals surface area (Å²) < 4.78 is 5.27. The highest BCUT2D eigenvalue weighted by molar-refractivity contribution is 5.79. The third-order valence-electron chi connectivity index (χ3n) is 6.16. The lowest BCUT2D eigenvalue weighted by atomic mass is 9.88. The van der Waals surface area contributed by atoms with Gasteiger partial charge in [-0.15, -0.1) is 0 Å². The van der Waals surface area contributed by atoms with E-state index in [1.54, 1.807) is 0 Å². The second-order valence-corrected chi connectivity index (χ2v) is 8.72. The van der Waals surface area contributed by atoms with Gasteiger partial charge >= 0.3 is 0 Å². The third kappa shape index (κ3) is 4.30. The number of rotatable bonds is 5. The predicted molar refractivity (Wildman–Crippen MR) is 96.0 cm³/mol. The number of hydrogen-bond donors (Lipinski definition) is 1. The predicted octanol–water partition coefficient (Wildman–Crippen LogP) is 1.72. The summed E-state index contributed by atoms with van der Waals surface area (Å²) in [6.45, 7) is 13.6. The Balaban J connectivity index is 1.45. The molecular weight excluding hydrogens is 302 g/mol. The van der Waals surface area contributed by atoms with E-state index in [9.17, 15) is 4.79 Å². The molecule has 3 fully saturated rings. The molecule has 1 N–H and O–H groups in total. The first-order chi connectivity index (χ1) is 11.5. The van der Waals surface area contributed by atoms with E-state index in [0.29, 0.717) is 12.1 Å². The maximum Gasteiger partial charge on any atom is 0.224 e. The van der Waals surface area contributed by atoms with Gasteiger partial charge in [0.25, 0.3) is 0 Å². The van der Waals surface area contributed by atoms with E-state index in [2.05, 4.69) is 35.9 Å². The summed E-state index contributed by atoms with van der Waals surface area (Å²) in [5.41, 5.74) is 0.160. The maximum absolute atomic E-state index is 12.6.